The summed E-state index contributed by atoms with van der Waals surface area (Å²) in [6, 6.07) is 5.51. The van der Waals surface area contributed by atoms with E-state index in [1.165, 1.54) is 0 Å². The molecule has 1 N–H and O–H groups in total. The van der Waals surface area contributed by atoms with Crippen molar-refractivity contribution in [3.05, 3.63) is 28.8 Å². The molecule has 1 aromatic carbocycles. The monoisotopic (exact) mass is 225 g/mol. The highest BCUT2D eigenvalue weighted by molar-refractivity contribution is 6.32. The molecule has 0 spiro atoms. The Labute approximate surface area is 93.3 Å². The zero-order valence-electron chi connectivity index (χ0n) is 8.40. The number of carboxylic acid groups (broad SMARTS) is 1. The van der Waals surface area contributed by atoms with Crippen molar-refractivity contribution in [3.63, 3.8) is 0 Å². The van der Waals surface area contributed by atoms with Gasteiger partial charge in [-0.25, -0.2) is 0 Å². The number of rotatable bonds is 1. The van der Waals surface area contributed by atoms with Gasteiger partial charge < -0.3 is 10.0 Å². The van der Waals surface area contributed by atoms with E-state index in [4.69, 9.17) is 16.7 Å². The van der Waals surface area contributed by atoms with E-state index in [-0.39, 0.29) is 0 Å². The first-order valence-corrected chi connectivity index (χ1v) is 5.21. The summed E-state index contributed by atoms with van der Waals surface area (Å²) in [6.45, 7) is 0.754. The Bertz CT molecular complexity index is 406. The summed E-state index contributed by atoms with van der Waals surface area (Å²) in [5.41, 5.74) is 1.68. The first kappa shape index (κ1) is 10.3. The van der Waals surface area contributed by atoms with Crippen LogP contribution in [-0.4, -0.2) is 24.7 Å². The van der Waals surface area contributed by atoms with Crippen LogP contribution in [0.2, 0.25) is 5.02 Å². The second-order valence-electron chi connectivity index (χ2n) is 3.77. The van der Waals surface area contributed by atoms with Crippen LogP contribution in [0.25, 0.3) is 0 Å². The van der Waals surface area contributed by atoms with E-state index >= 15 is 0 Å². The Morgan fingerprint density at radius 3 is 3.00 bits per heavy atom. The van der Waals surface area contributed by atoms with Crippen molar-refractivity contribution in [2.24, 2.45) is 0 Å². The lowest BCUT2D eigenvalue weighted by atomic mass is 9.90. The normalized spacial score (nSPS) is 19.9. The Hall–Kier alpha value is -1.22. The second kappa shape index (κ2) is 3.74. The van der Waals surface area contributed by atoms with Crippen molar-refractivity contribution in [1.82, 2.24) is 0 Å². The summed E-state index contributed by atoms with van der Waals surface area (Å²) in [7, 11) is 1.95. The Morgan fingerprint density at radius 1 is 1.60 bits per heavy atom. The Morgan fingerprint density at radius 2 is 2.33 bits per heavy atom. The van der Waals surface area contributed by atoms with E-state index in [0.717, 1.165) is 17.8 Å². The molecule has 1 aromatic rings. The fourth-order valence-electron chi connectivity index (χ4n) is 2.04. The van der Waals surface area contributed by atoms with Crippen molar-refractivity contribution in [1.29, 1.82) is 0 Å². The molecule has 1 aliphatic heterocycles. The maximum absolute atomic E-state index is 11.1. The number of carboxylic acids is 1. The van der Waals surface area contributed by atoms with Crippen LogP contribution in [0.15, 0.2) is 18.2 Å². The highest BCUT2D eigenvalue weighted by Crippen LogP contribution is 2.39. The molecule has 80 valence electrons. The molecule has 0 amide bonds. The second-order valence-corrected chi connectivity index (χ2v) is 4.18. The van der Waals surface area contributed by atoms with Crippen molar-refractivity contribution in [3.8, 4) is 0 Å². The van der Waals surface area contributed by atoms with E-state index in [0.29, 0.717) is 11.4 Å². The van der Waals surface area contributed by atoms with Gasteiger partial charge in [-0.3, -0.25) is 4.79 Å². The lowest BCUT2D eigenvalue weighted by molar-refractivity contribution is -0.139. The van der Waals surface area contributed by atoms with E-state index in [2.05, 4.69) is 0 Å². The van der Waals surface area contributed by atoms with Crippen molar-refractivity contribution < 1.29 is 9.90 Å². The molecule has 1 heterocycles. The van der Waals surface area contributed by atoms with Crippen molar-refractivity contribution in [2.45, 2.75) is 12.3 Å². The molecule has 0 saturated carbocycles. The third-order valence-corrected chi connectivity index (χ3v) is 3.17. The predicted octanol–water partition coefficient (Wildman–Crippen LogP) is 2.35. The number of nitrogens with zero attached hydrogens (tertiary/aromatic N) is 1. The van der Waals surface area contributed by atoms with Crippen LogP contribution in [0, 0.1) is 0 Å². The minimum absolute atomic E-state index is 0.468. The van der Waals surface area contributed by atoms with Gasteiger partial charge in [0.15, 0.2) is 0 Å². The summed E-state index contributed by atoms with van der Waals surface area (Å²) in [6.07, 6.45) is 0.614. The maximum Gasteiger partial charge on any atom is 0.311 e. The SMILES string of the molecule is CN1CCC(C(=O)O)c2c(Cl)cccc21. The third kappa shape index (κ3) is 1.67. The average molecular weight is 226 g/mol. The number of carbonyl (C=O) groups is 1. The lowest BCUT2D eigenvalue weighted by Crippen LogP contribution is -2.30. The number of anilines is 1. The zero-order valence-corrected chi connectivity index (χ0v) is 9.16. The number of aliphatic carboxylic acids is 1. The number of fused-ring (bicyclic) bond motifs is 1. The number of halogens is 1. The summed E-state index contributed by atoms with van der Waals surface area (Å²) >= 11 is 6.06. The third-order valence-electron chi connectivity index (χ3n) is 2.84. The van der Waals surface area contributed by atoms with E-state index in [9.17, 15) is 4.79 Å². The van der Waals surface area contributed by atoms with Crippen LogP contribution in [0.1, 0.15) is 17.9 Å². The largest absolute Gasteiger partial charge is 0.481 e. The van der Waals surface area contributed by atoms with Crippen molar-refractivity contribution in [2.75, 3.05) is 18.5 Å². The van der Waals surface area contributed by atoms with Crippen LogP contribution in [0.4, 0.5) is 5.69 Å². The van der Waals surface area contributed by atoms with Crippen LogP contribution >= 0.6 is 11.6 Å². The van der Waals surface area contributed by atoms with Gasteiger partial charge in [-0.2, -0.15) is 0 Å². The summed E-state index contributed by atoms with van der Waals surface area (Å²) in [5, 5.41) is 9.67. The number of hydrogen-bond acceptors (Lipinski definition) is 2. The molecule has 0 radical (unpaired) electrons. The van der Waals surface area contributed by atoms with Crippen LogP contribution < -0.4 is 4.90 Å². The lowest BCUT2D eigenvalue weighted by Gasteiger charge is -2.31. The molecule has 0 aromatic heterocycles. The van der Waals surface area contributed by atoms with Gasteiger partial charge >= 0.3 is 5.97 Å². The van der Waals surface area contributed by atoms with Gasteiger partial charge in [-0.15, -0.1) is 0 Å². The fraction of sp³-hybridized carbons (Fsp3) is 0.364. The predicted molar refractivity (Wildman–Crippen MR) is 59.7 cm³/mol. The molecule has 1 unspecified atom stereocenters. The van der Waals surface area contributed by atoms with Gasteiger partial charge in [0.05, 0.1) is 5.92 Å². The molecule has 0 fully saturated rings. The van der Waals surface area contributed by atoms with Gasteiger partial charge in [0, 0.05) is 29.9 Å². The minimum atomic E-state index is -0.794. The maximum atomic E-state index is 11.1. The van der Waals surface area contributed by atoms with Crippen LogP contribution in [0.3, 0.4) is 0 Å². The average Bonchev–Trinajstić information content (AvgIpc) is 2.19. The van der Waals surface area contributed by atoms with Gasteiger partial charge in [0.1, 0.15) is 0 Å². The van der Waals surface area contributed by atoms with Crippen molar-refractivity contribution >= 4 is 23.3 Å². The molecule has 0 aliphatic carbocycles. The summed E-state index contributed by atoms with van der Waals surface area (Å²) < 4.78 is 0. The fourth-order valence-corrected chi connectivity index (χ4v) is 2.34. The zero-order chi connectivity index (χ0) is 11.0. The highest BCUT2D eigenvalue weighted by Gasteiger charge is 2.30. The molecule has 3 nitrogen and oxygen atoms in total. The molecule has 4 heteroatoms. The number of hydrogen-bond donors (Lipinski definition) is 1. The molecule has 2 rings (SSSR count). The molecule has 0 bridgehead atoms. The molecule has 1 atom stereocenters. The van der Waals surface area contributed by atoms with Gasteiger partial charge in [0.2, 0.25) is 0 Å². The summed E-state index contributed by atoms with van der Waals surface area (Å²) in [4.78, 5) is 13.1. The van der Waals surface area contributed by atoms with Crippen LogP contribution in [0.5, 0.6) is 0 Å². The molecule has 15 heavy (non-hydrogen) atoms. The van der Waals surface area contributed by atoms with E-state index < -0.39 is 11.9 Å². The quantitative estimate of drug-likeness (QED) is 0.798. The van der Waals surface area contributed by atoms with Gasteiger partial charge in [-0.05, 0) is 18.6 Å². The molecule has 0 saturated heterocycles. The van der Waals surface area contributed by atoms with E-state index in [1.807, 2.05) is 24.1 Å². The highest BCUT2D eigenvalue weighted by atomic mass is 35.5. The smallest absolute Gasteiger partial charge is 0.311 e. The molecular weight excluding hydrogens is 214 g/mol. The van der Waals surface area contributed by atoms with Gasteiger partial charge in [-0.1, -0.05) is 17.7 Å². The summed E-state index contributed by atoms with van der Waals surface area (Å²) in [5.74, 6) is -1.26. The molecule has 1 aliphatic rings. The standard InChI is InChI=1S/C11H12ClNO2/c1-13-6-5-7(11(14)15)10-8(12)3-2-4-9(10)13/h2-4,7H,5-6H2,1H3,(H,14,15). The Kier molecular flexibility index (Phi) is 2.57. The number of benzene rings is 1. The topological polar surface area (TPSA) is 40.5 Å². The first-order valence-electron chi connectivity index (χ1n) is 4.83. The Balaban J connectivity index is 2.56. The molecular formula is C11H12ClNO2. The van der Waals surface area contributed by atoms with Gasteiger partial charge in [0.25, 0.3) is 0 Å². The first-order chi connectivity index (χ1) is 7.11. The minimum Gasteiger partial charge on any atom is -0.481 e. The van der Waals surface area contributed by atoms with E-state index in [1.54, 1.807) is 6.07 Å². The van der Waals surface area contributed by atoms with Crippen LogP contribution in [-0.2, 0) is 4.79 Å².